The number of nitrogens with one attached hydrogen (secondary N) is 1. The molecule has 0 aliphatic heterocycles. The molecule has 1 amide bonds. The fourth-order valence-corrected chi connectivity index (χ4v) is 11.9. The standard InChI is InChI=1S/C75H145NO5/c1-3-5-7-9-11-13-15-17-19-20-21-31-34-37-40-43-47-51-55-59-63-67-73(78)72(71-77)76-74(79)68-64-60-56-52-48-44-41-38-35-32-29-27-25-23-22-24-26-28-30-33-36-39-42-46-50-54-58-62-66-70-81-75(80)69-65-61-57-53-49-45-18-16-14-12-10-8-6-4-2/h22,24,28,30,72-73,77-78H,3-21,23,25-27,29,31-71H2,1-2H3,(H,76,79)/b24-22-,30-28-. The molecule has 6 nitrogen and oxygen atoms in total. The summed E-state index contributed by atoms with van der Waals surface area (Å²) in [6, 6.07) is -0.543. The van der Waals surface area contributed by atoms with Gasteiger partial charge in [0.1, 0.15) is 0 Å². The van der Waals surface area contributed by atoms with Gasteiger partial charge in [0.25, 0.3) is 0 Å². The molecule has 0 aromatic rings. The summed E-state index contributed by atoms with van der Waals surface area (Å²) in [5, 5.41) is 23.4. The van der Waals surface area contributed by atoms with Gasteiger partial charge in [-0.2, -0.15) is 0 Å². The van der Waals surface area contributed by atoms with Crippen molar-refractivity contribution in [2.45, 2.75) is 431 Å². The molecule has 0 rings (SSSR count). The van der Waals surface area contributed by atoms with E-state index in [0.29, 0.717) is 25.9 Å². The highest BCUT2D eigenvalue weighted by molar-refractivity contribution is 5.76. The van der Waals surface area contributed by atoms with E-state index in [2.05, 4.69) is 43.5 Å². The monoisotopic (exact) mass is 1140 g/mol. The number of hydrogen-bond donors (Lipinski definition) is 3. The Bertz CT molecular complexity index is 1270. The van der Waals surface area contributed by atoms with E-state index in [9.17, 15) is 19.8 Å². The number of amides is 1. The van der Waals surface area contributed by atoms with Gasteiger partial charge in [0, 0.05) is 12.8 Å². The lowest BCUT2D eigenvalue weighted by Gasteiger charge is -2.22. The average molecular weight is 1140 g/mol. The van der Waals surface area contributed by atoms with Gasteiger partial charge in [-0.1, -0.05) is 372 Å². The predicted octanol–water partition coefficient (Wildman–Crippen LogP) is 24.1. The average Bonchev–Trinajstić information content (AvgIpc) is 3.47. The highest BCUT2D eigenvalue weighted by Gasteiger charge is 2.20. The number of hydrogen-bond acceptors (Lipinski definition) is 5. The van der Waals surface area contributed by atoms with Crippen LogP contribution in [0.5, 0.6) is 0 Å². The van der Waals surface area contributed by atoms with E-state index >= 15 is 0 Å². The SMILES string of the molecule is CCCCCCCCCCCCCCCCCCCCCCCC(O)C(CO)NC(=O)CCCCCCCCCCCCCCC/C=C\C/C=C\CCCCCCCCCCCOC(=O)CCCCCCCCCCCCCCCC. The van der Waals surface area contributed by atoms with E-state index in [0.717, 1.165) is 44.9 Å². The molecule has 6 heteroatoms. The number of esters is 1. The van der Waals surface area contributed by atoms with Crippen LogP contribution < -0.4 is 5.32 Å². The Kier molecular flexibility index (Phi) is 69.4. The number of carbonyl (C=O) groups is 2. The third-order valence-corrected chi connectivity index (χ3v) is 17.5. The first-order valence-electron chi connectivity index (χ1n) is 37.1. The molecule has 0 aliphatic rings. The van der Waals surface area contributed by atoms with E-state index in [4.69, 9.17) is 4.74 Å². The molecule has 0 saturated carbocycles. The molecule has 0 bridgehead atoms. The van der Waals surface area contributed by atoms with Crippen molar-refractivity contribution in [3.05, 3.63) is 24.3 Å². The summed E-state index contributed by atoms with van der Waals surface area (Å²) < 4.78 is 5.49. The number of unbranched alkanes of at least 4 members (excludes halogenated alkanes) is 55. The van der Waals surface area contributed by atoms with Crippen LogP contribution in [0.4, 0.5) is 0 Å². The van der Waals surface area contributed by atoms with Crippen LogP contribution in [-0.4, -0.2) is 47.4 Å². The third kappa shape index (κ3) is 67.3. The highest BCUT2D eigenvalue weighted by Crippen LogP contribution is 2.19. The Hall–Kier alpha value is -1.66. The molecule has 3 N–H and O–H groups in total. The van der Waals surface area contributed by atoms with Gasteiger partial charge in [0.15, 0.2) is 0 Å². The molecule has 0 fully saturated rings. The van der Waals surface area contributed by atoms with Crippen LogP contribution in [-0.2, 0) is 14.3 Å². The van der Waals surface area contributed by atoms with Crippen LogP contribution in [0.25, 0.3) is 0 Å². The predicted molar refractivity (Wildman–Crippen MR) is 356 cm³/mol. The van der Waals surface area contributed by atoms with Crippen molar-refractivity contribution in [2.24, 2.45) is 0 Å². The molecule has 0 saturated heterocycles. The second-order valence-electron chi connectivity index (χ2n) is 25.6. The summed E-state index contributed by atoms with van der Waals surface area (Å²) in [7, 11) is 0. The Labute approximate surface area is 507 Å². The van der Waals surface area contributed by atoms with Gasteiger partial charge in [0.2, 0.25) is 5.91 Å². The second kappa shape index (κ2) is 70.8. The van der Waals surface area contributed by atoms with Crippen LogP contribution in [0.2, 0.25) is 0 Å². The summed E-state index contributed by atoms with van der Waals surface area (Å²) in [4.78, 5) is 24.6. The van der Waals surface area contributed by atoms with Crippen molar-refractivity contribution in [3.63, 3.8) is 0 Å². The quantitative estimate of drug-likeness (QED) is 0.0320. The van der Waals surface area contributed by atoms with Crippen molar-refractivity contribution in [3.8, 4) is 0 Å². The summed E-state index contributed by atoms with van der Waals surface area (Å²) in [6.45, 7) is 5.00. The Morgan fingerprint density at radius 3 is 0.938 bits per heavy atom. The number of ether oxygens (including phenoxy) is 1. The van der Waals surface area contributed by atoms with Crippen LogP contribution in [0, 0.1) is 0 Å². The Morgan fingerprint density at radius 1 is 0.346 bits per heavy atom. The van der Waals surface area contributed by atoms with Gasteiger partial charge in [-0.15, -0.1) is 0 Å². The van der Waals surface area contributed by atoms with E-state index in [1.54, 1.807) is 0 Å². The first-order valence-corrected chi connectivity index (χ1v) is 37.1. The molecule has 0 aromatic carbocycles. The largest absolute Gasteiger partial charge is 0.466 e. The summed E-state index contributed by atoms with van der Waals surface area (Å²) in [5.74, 6) is -0.0161. The summed E-state index contributed by atoms with van der Waals surface area (Å²) in [5.41, 5.74) is 0. The first kappa shape index (κ1) is 79.3. The van der Waals surface area contributed by atoms with Crippen molar-refractivity contribution in [2.75, 3.05) is 13.2 Å². The topological polar surface area (TPSA) is 95.9 Å². The third-order valence-electron chi connectivity index (χ3n) is 17.5. The van der Waals surface area contributed by atoms with Gasteiger partial charge >= 0.3 is 5.97 Å². The van der Waals surface area contributed by atoms with Gasteiger partial charge in [-0.25, -0.2) is 0 Å². The fourth-order valence-electron chi connectivity index (χ4n) is 11.9. The van der Waals surface area contributed by atoms with Crippen LogP contribution >= 0.6 is 0 Å². The molecule has 0 aromatic heterocycles. The minimum absolute atomic E-state index is 0.0152. The molecule has 0 radical (unpaired) electrons. The zero-order valence-corrected chi connectivity index (χ0v) is 55.0. The van der Waals surface area contributed by atoms with E-state index in [-0.39, 0.29) is 18.5 Å². The van der Waals surface area contributed by atoms with Crippen LogP contribution in [0.1, 0.15) is 418 Å². The van der Waals surface area contributed by atoms with Crippen LogP contribution in [0.3, 0.4) is 0 Å². The smallest absolute Gasteiger partial charge is 0.305 e. The Balaban J connectivity index is 3.40. The zero-order valence-electron chi connectivity index (χ0n) is 55.0. The number of allylic oxidation sites excluding steroid dienone is 4. The summed E-state index contributed by atoms with van der Waals surface area (Å²) in [6.07, 6.45) is 89.5. The van der Waals surface area contributed by atoms with Crippen molar-refractivity contribution in [1.82, 2.24) is 5.32 Å². The van der Waals surface area contributed by atoms with Gasteiger partial charge in [-0.3, -0.25) is 9.59 Å². The van der Waals surface area contributed by atoms with Gasteiger partial charge in [0.05, 0.1) is 25.4 Å². The van der Waals surface area contributed by atoms with Crippen molar-refractivity contribution >= 4 is 11.9 Å². The molecule has 0 heterocycles. The lowest BCUT2D eigenvalue weighted by molar-refractivity contribution is -0.143. The summed E-state index contributed by atoms with van der Waals surface area (Å²) >= 11 is 0. The van der Waals surface area contributed by atoms with Crippen molar-refractivity contribution < 1.29 is 24.5 Å². The lowest BCUT2D eigenvalue weighted by atomic mass is 10.0. The lowest BCUT2D eigenvalue weighted by Crippen LogP contribution is -2.45. The number of aliphatic hydroxyl groups excluding tert-OH is 2. The number of carbonyl (C=O) groups excluding carboxylic acids is 2. The number of aliphatic hydroxyl groups is 2. The van der Waals surface area contributed by atoms with E-state index in [1.165, 1.54) is 340 Å². The fraction of sp³-hybridized carbons (Fsp3) is 0.920. The van der Waals surface area contributed by atoms with E-state index in [1.807, 2.05) is 0 Å². The minimum Gasteiger partial charge on any atom is -0.466 e. The molecule has 0 aliphatic carbocycles. The number of rotatable bonds is 70. The van der Waals surface area contributed by atoms with Crippen molar-refractivity contribution in [1.29, 1.82) is 0 Å². The highest BCUT2D eigenvalue weighted by atomic mass is 16.5. The van der Waals surface area contributed by atoms with Crippen LogP contribution in [0.15, 0.2) is 24.3 Å². The maximum Gasteiger partial charge on any atom is 0.305 e. The molecule has 2 unspecified atom stereocenters. The molecule has 81 heavy (non-hydrogen) atoms. The molecule has 2 atom stereocenters. The molecular formula is C75H145NO5. The second-order valence-corrected chi connectivity index (χ2v) is 25.6. The maximum absolute atomic E-state index is 12.6. The van der Waals surface area contributed by atoms with Gasteiger partial charge in [-0.05, 0) is 57.8 Å². The minimum atomic E-state index is -0.666. The first-order chi connectivity index (χ1) is 40.0. The van der Waals surface area contributed by atoms with E-state index < -0.39 is 12.1 Å². The molecule has 480 valence electrons. The zero-order chi connectivity index (χ0) is 58.5. The molecule has 0 spiro atoms. The Morgan fingerprint density at radius 2 is 0.617 bits per heavy atom. The maximum atomic E-state index is 12.6. The van der Waals surface area contributed by atoms with Gasteiger partial charge < -0.3 is 20.3 Å². The molecular weight excluding hydrogens is 995 g/mol. The normalized spacial score (nSPS) is 12.6.